The van der Waals surface area contributed by atoms with E-state index < -0.39 is 0 Å². The first-order chi connectivity index (χ1) is 10.2. The van der Waals surface area contributed by atoms with E-state index >= 15 is 0 Å². The van der Waals surface area contributed by atoms with Crippen LogP contribution in [0.4, 0.5) is 0 Å². The van der Waals surface area contributed by atoms with Crippen LogP contribution in [0.2, 0.25) is 0 Å². The van der Waals surface area contributed by atoms with Crippen LogP contribution in [0.3, 0.4) is 0 Å². The molecule has 2 aromatic carbocycles. The number of thioether (sulfide) groups is 1. The molecule has 1 aliphatic rings. The summed E-state index contributed by atoms with van der Waals surface area (Å²) in [7, 11) is 0. The molecule has 0 saturated heterocycles. The van der Waals surface area contributed by atoms with E-state index in [4.69, 9.17) is 4.74 Å². The van der Waals surface area contributed by atoms with Crippen molar-refractivity contribution in [1.29, 1.82) is 0 Å². The standard InChI is InChI=1S/C18H20O2S/c1-13(19)10-14-6-8-16(9-7-14)20-11-15-12-21-18-5-3-2-4-17(15)18/h2-9,13,15,19H,10-12H2,1H3. The fraction of sp³-hybridized carbons (Fsp3) is 0.333. The van der Waals surface area contributed by atoms with Crippen LogP contribution in [0, 0.1) is 0 Å². The highest BCUT2D eigenvalue weighted by molar-refractivity contribution is 7.99. The zero-order chi connectivity index (χ0) is 14.7. The first kappa shape index (κ1) is 14.5. The molecule has 1 aliphatic heterocycles. The van der Waals surface area contributed by atoms with Crippen LogP contribution in [0.25, 0.3) is 0 Å². The first-order valence-electron chi connectivity index (χ1n) is 7.34. The Morgan fingerprint density at radius 2 is 1.95 bits per heavy atom. The molecule has 3 heteroatoms. The Bertz CT molecular complexity index is 592. The molecule has 0 spiro atoms. The minimum atomic E-state index is -0.302. The molecule has 0 radical (unpaired) electrons. The lowest BCUT2D eigenvalue weighted by molar-refractivity contribution is 0.195. The topological polar surface area (TPSA) is 29.5 Å². The average Bonchev–Trinajstić information content (AvgIpc) is 2.89. The highest BCUT2D eigenvalue weighted by Gasteiger charge is 2.23. The van der Waals surface area contributed by atoms with E-state index in [1.165, 1.54) is 10.5 Å². The lowest BCUT2D eigenvalue weighted by Crippen LogP contribution is -2.10. The number of aliphatic hydroxyl groups excluding tert-OH is 1. The molecule has 0 aromatic heterocycles. The summed E-state index contributed by atoms with van der Waals surface area (Å²) >= 11 is 1.91. The summed E-state index contributed by atoms with van der Waals surface area (Å²) in [5, 5.41) is 9.38. The molecule has 2 nitrogen and oxygen atoms in total. The second kappa shape index (κ2) is 6.54. The Hall–Kier alpha value is -1.45. The van der Waals surface area contributed by atoms with Gasteiger partial charge in [-0.2, -0.15) is 0 Å². The van der Waals surface area contributed by atoms with Crippen LogP contribution >= 0.6 is 11.8 Å². The smallest absolute Gasteiger partial charge is 0.119 e. The van der Waals surface area contributed by atoms with Gasteiger partial charge in [-0.3, -0.25) is 0 Å². The van der Waals surface area contributed by atoms with Crippen molar-refractivity contribution in [3.8, 4) is 5.75 Å². The highest BCUT2D eigenvalue weighted by atomic mass is 32.2. The van der Waals surface area contributed by atoms with Gasteiger partial charge in [0.2, 0.25) is 0 Å². The summed E-state index contributed by atoms with van der Waals surface area (Å²) in [4.78, 5) is 1.39. The Kier molecular flexibility index (Phi) is 4.51. The van der Waals surface area contributed by atoms with E-state index in [-0.39, 0.29) is 6.10 Å². The summed E-state index contributed by atoms with van der Waals surface area (Å²) in [6.07, 6.45) is 0.385. The largest absolute Gasteiger partial charge is 0.493 e. The van der Waals surface area contributed by atoms with Crippen LogP contribution in [0.15, 0.2) is 53.4 Å². The first-order valence-corrected chi connectivity index (χ1v) is 8.32. The van der Waals surface area contributed by atoms with Crippen LogP contribution in [-0.2, 0) is 6.42 Å². The van der Waals surface area contributed by atoms with Crippen LogP contribution in [-0.4, -0.2) is 23.6 Å². The molecule has 1 heterocycles. The summed E-state index contributed by atoms with van der Waals surface area (Å²) < 4.78 is 5.93. The second-order valence-electron chi connectivity index (χ2n) is 5.55. The van der Waals surface area contributed by atoms with E-state index in [1.807, 2.05) is 36.0 Å². The van der Waals surface area contributed by atoms with Gasteiger partial charge in [0.25, 0.3) is 0 Å². The van der Waals surface area contributed by atoms with Crippen LogP contribution < -0.4 is 4.74 Å². The SMILES string of the molecule is CC(O)Cc1ccc(OCC2CSc3ccccc32)cc1. The molecule has 0 fully saturated rings. The number of fused-ring (bicyclic) bond motifs is 1. The molecule has 21 heavy (non-hydrogen) atoms. The molecule has 0 saturated carbocycles. The summed E-state index contributed by atoms with van der Waals surface area (Å²) in [6.45, 7) is 2.53. The van der Waals surface area contributed by atoms with Gasteiger partial charge in [-0.05, 0) is 42.7 Å². The van der Waals surface area contributed by atoms with Crippen LogP contribution in [0.5, 0.6) is 5.75 Å². The molecule has 110 valence electrons. The zero-order valence-electron chi connectivity index (χ0n) is 12.2. The van der Waals surface area contributed by atoms with Crippen molar-refractivity contribution in [2.24, 2.45) is 0 Å². The summed E-state index contributed by atoms with van der Waals surface area (Å²) in [5.74, 6) is 2.47. The number of rotatable bonds is 5. The molecular weight excluding hydrogens is 280 g/mol. The number of hydrogen-bond donors (Lipinski definition) is 1. The van der Waals surface area contributed by atoms with Crippen molar-refractivity contribution >= 4 is 11.8 Å². The Morgan fingerprint density at radius 1 is 1.19 bits per heavy atom. The van der Waals surface area contributed by atoms with E-state index in [2.05, 4.69) is 24.3 Å². The third kappa shape index (κ3) is 3.60. The van der Waals surface area contributed by atoms with Gasteiger partial charge in [-0.25, -0.2) is 0 Å². The predicted molar refractivity (Wildman–Crippen MR) is 87.2 cm³/mol. The van der Waals surface area contributed by atoms with Crippen molar-refractivity contribution in [1.82, 2.24) is 0 Å². The molecule has 1 N–H and O–H groups in total. The Morgan fingerprint density at radius 3 is 2.71 bits per heavy atom. The van der Waals surface area contributed by atoms with Crippen molar-refractivity contribution < 1.29 is 9.84 Å². The average molecular weight is 300 g/mol. The maximum absolute atomic E-state index is 9.38. The van der Waals surface area contributed by atoms with E-state index in [1.54, 1.807) is 6.92 Å². The number of ether oxygens (including phenoxy) is 1. The quantitative estimate of drug-likeness (QED) is 0.908. The molecule has 3 rings (SSSR count). The molecule has 2 atom stereocenters. The highest BCUT2D eigenvalue weighted by Crippen LogP contribution is 2.39. The van der Waals surface area contributed by atoms with Crippen molar-refractivity contribution in [2.45, 2.75) is 30.3 Å². The Labute approximate surface area is 130 Å². The van der Waals surface area contributed by atoms with E-state index in [0.29, 0.717) is 12.3 Å². The fourth-order valence-electron chi connectivity index (χ4n) is 2.63. The van der Waals surface area contributed by atoms with Gasteiger partial charge in [-0.15, -0.1) is 11.8 Å². The normalized spacial score (nSPS) is 18.3. The third-order valence-electron chi connectivity index (χ3n) is 3.70. The third-order valence-corrected chi connectivity index (χ3v) is 4.96. The second-order valence-corrected chi connectivity index (χ2v) is 6.62. The predicted octanol–water partition coefficient (Wildman–Crippen LogP) is 3.88. The Balaban J connectivity index is 1.59. The number of hydrogen-bond acceptors (Lipinski definition) is 3. The van der Waals surface area contributed by atoms with Crippen molar-refractivity contribution in [3.05, 3.63) is 59.7 Å². The maximum Gasteiger partial charge on any atom is 0.119 e. The van der Waals surface area contributed by atoms with Gasteiger partial charge in [0.05, 0.1) is 12.7 Å². The molecule has 0 amide bonds. The van der Waals surface area contributed by atoms with Gasteiger partial charge in [0, 0.05) is 16.6 Å². The minimum Gasteiger partial charge on any atom is -0.493 e. The van der Waals surface area contributed by atoms with Gasteiger partial charge >= 0.3 is 0 Å². The fourth-order valence-corrected chi connectivity index (χ4v) is 3.86. The lowest BCUT2D eigenvalue weighted by Gasteiger charge is -2.13. The van der Waals surface area contributed by atoms with Gasteiger partial charge < -0.3 is 9.84 Å². The van der Waals surface area contributed by atoms with Gasteiger partial charge in [-0.1, -0.05) is 30.3 Å². The number of aliphatic hydroxyl groups is 1. The monoisotopic (exact) mass is 300 g/mol. The molecule has 2 aromatic rings. The van der Waals surface area contributed by atoms with Crippen molar-refractivity contribution in [2.75, 3.05) is 12.4 Å². The van der Waals surface area contributed by atoms with Gasteiger partial charge in [0.15, 0.2) is 0 Å². The van der Waals surface area contributed by atoms with Crippen LogP contribution in [0.1, 0.15) is 24.0 Å². The molecular formula is C18H20O2S. The minimum absolute atomic E-state index is 0.302. The maximum atomic E-state index is 9.38. The van der Waals surface area contributed by atoms with Crippen molar-refractivity contribution in [3.63, 3.8) is 0 Å². The summed E-state index contributed by atoms with van der Waals surface area (Å²) in [6, 6.07) is 16.6. The van der Waals surface area contributed by atoms with E-state index in [9.17, 15) is 5.11 Å². The van der Waals surface area contributed by atoms with E-state index in [0.717, 1.165) is 23.7 Å². The molecule has 0 bridgehead atoms. The lowest BCUT2D eigenvalue weighted by atomic mass is 10.0. The summed E-state index contributed by atoms with van der Waals surface area (Å²) in [5.41, 5.74) is 2.55. The van der Waals surface area contributed by atoms with Gasteiger partial charge in [0.1, 0.15) is 5.75 Å². The number of benzene rings is 2. The zero-order valence-corrected chi connectivity index (χ0v) is 13.0. The molecule has 2 unspecified atom stereocenters. The molecule has 0 aliphatic carbocycles.